The van der Waals surface area contributed by atoms with Gasteiger partial charge in [-0.25, -0.2) is 4.79 Å². The summed E-state index contributed by atoms with van der Waals surface area (Å²) in [6.07, 6.45) is -1.06. The minimum atomic E-state index is -1.06. The van der Waals surface area contributed by atoms with Gasteiger partial charge >= 0.3 is 5.97 Å². The molecule has 1 N–H and O–H groups in total. The summed E-state index contributed by atoms with van der Waals surface area (Å²) in [7, 11) is 0. The van der Waals surface area contributed by atoms with Crippen LogP contribution in [-0.2, 0) is 16.1 Å². The second-order valence-corrected chi connectivity index (χ2v) is 7.36. The number of nitrogens with zero attached hydrogens (tertiary/aromatic N) is 2. The number of anilines is 1. The number of Topliss-reactive ketones (excluding diaryl/α,β-unsaturated/α-hetero) is 1. The molecule has 7 nitrogen and oxygen atoms in total. The van der Waals surface area contributed by atoms with Crippen molar-refractivity contribution in [2.75, 3.05) is 5.32 Å². The predicted molar refractivity (Wildman–Crippen MR) is 107 cm³/mol. The fourth-order valence-electron chi connectivity index (χ4n) is 2.58. The minimum absolute atomic E-state index is 0.112. The van der Waals surface area contributed by atoms with Crippen molar-refractivity contribution in [2.24, 2.45) is 5.92 Å². The van der Waals surface area contributed by atoms with E-state index < -0.39 is 18.0 Å². The Balaban J connectivity index is 2.08. The number of halogens is 1. The van der Waals surface area contributed by atoms with Crippen LogP contribution in [-0.4, -0.2) is 33.5 Å². The van der Waals surface area contributed by atoms with Gasteiger partial charge in [0.2, 0.25) is 0 Å². The number of ether oxygens (including phenoxy) is 1. The molecule has 2 rings (SSSR count). The molecule has 2 aromatic rings. The van der Waals surface area contributed by atoms with Crippen LogP contribution >= 0.6 is 11.6 Å². The molecule has 0 aliphatic carbocycles. The standard InChI is InChI=1S/C20H24ClN3O4/c1-11(2)10-24-18(21)17(12(3)23-24)20(27)28-14(5)19(26)22-16-8-6-7-15(9-16)13(4)25/h6-9,11,14H,10H2,1-5H3,(H,22,26)/t14-/m1/s1. The highest BCUT2D eigenvalue weighted by molar-refractivity contribution is 6.32. The molecular formula is C20H24ClN3O4. The maximum absolute atomic E-state index is 12.5. The Morgan fingerprint density at radius 1 is 1.25 bits per heavy atom. The number of rotatable bonds is 7. The summed E-state index contributed by atoms with van der Waals surface area (Å²) in [5.74, 6) is -1.04. The summed E-state index contributed by atoms with van der Waals surface area (Å²) in [4.78, 5) is 36.3. The smallest absolute Gasteiger partial charge is 0.343 e. The Morgan fingerprint density at radius 2 is 1.93 bits per heavy atom. The van der Waals surface area contributed by atoms with Gasteiger partial charge in [0.15, 0.2) is 11.9 Å². The van der Waals surface area contributed by atoms with E-state index >= 15 is 0 Å². The molecular weight excluding hydrogens is 382 g/mol. The maximum Gasteiger partial charge on any atom is 0.343 e. The van der Waals surface area contributed by atoms with Crippen molar-refractivity contribution in [3.8, 4) is 0 Å². The first-order valence-electron chi connectivity index (χ1n) is 8.95. The molecule has 0 fully saturated rings. The quantitative estimate of drug-likeness (QED) is 0.557. The third-order valence-corrected chi connectivity index (χ3v) is 4.38. The molecule has 1 aromatic carbocycles. The van der Waals surface area contributed by atoms with E-state index in [2.05, 4.69) is 10.4 Å². The molecule has 0 saturated heterocycles. The maximum atomic E-state index is 12.5. The monoisotopic (exact) mass is 405 g/mol. The molecule has 0 unspecified atom stereocenters. The summed E-state index contributed by atoms with van der Waals surface area (Å²) in [5, 5.41) is 7.09. The van der Waals surface area contributed by atoms with Gasteiger partial charge in [0.1, 0.15) is 10.7 Å². The number of carbonyl (C=O) groups excluding carboxylic acids is 3. The van der Waals surface area contributed by atoms with Gasteiger partial charge in [-0.2, -0.15) is 5.10 Å². The zero-order chi connectivity index (χ0) is 21.0. The molecule has 0 aliphatic heterocycles. The molecule has 0 saturated carbocycles. The lowest BCUT2D eigenvalue weighted by Crippen LogP contribution is -2.30. The number of aromatic nitrogens is 2. The third kappa shape index (κ3) is 5.19. The molecule has 1 heterocycles. The molecule has 150 valence electrons. The van der Waals surface area contributed by atoms with Crippen LogP contribution in [0.3, 0.4) is 0 Å². The number of benzene rings is 1. The zero-order valence-electron chi connectivity index (χ0n) is 16.6. The summed E-state index contributed by atoms with van der Waals surface area (Å²) in [6.45, 7) is 9.16. The Labute approximate surface area is 169 Å². The normalized spacial score (nSPS) is 12.0. The van der Waals surface area contributed by atoms with Crippen LogP contribution in [0.4, 0.5) is 5.69 Å². The number of ketones is 1. The average Bonchev–Trinajstić information content (AvgIpc) is 2.87. The summed E-state index contributed by atoms with van der Waals surface area (Å²) >= 11 is 6.28. The van der Waals surface area contributed by atoms with E-state index in [0.717, 1.165) is 0 Å². The molecule has 1 atom stereocenters. The van der Waals surface area contributed by atoms with E-state index in [-0.39, 0.29) is 16.5 Å². The first-order valence-corrected chi connectivity index (χ1v) is 9.33. The van der Waals surface area contributed by atoms with Crippen molar-refractivity contribution in [1.82, 2.24) is 9.78 Å². The van der Waals surface area contributed by atoms with Crippen LogP contribution in [0.2, 0.25) is 5.15 Å². The van der Waals surface area contributed by atoms with Crippen LogP contribution < -0.4 is 5.32 Å². The van der Waals surface area contributed by atoms with E-state index in [9.17, 15) is 14.4 Å². The first kappa shape index (κ1) is 21.6. The highest BCUT2D eigenvalue weighted by atomic mass is 35.5. The topological polar surface area (TPSA) is 90.3 Å². The first-order chi connectivity index (χ1) is 13.1. The summed E-state index contributed by atoms with van der Waals surface area (Å²) < 4.78 is 6.82. The highest BCUT2D eigenvalue weighted by Crippen LogP contribution is 2.22. The van der Waals surface area contributed by atoms with Gasteiger partial charge in [-0.15, -0.1) is 0 Å². The van der Waals surface area contributed by atoms with Gasteiger partial charge in [0.25, 0.3) is 5.91 Å². The number of aryl methyl sites for hydroxylation is 1. The lowest BCUT2D eigenvalue weighted by atomic mass is 10.1. The van der Waals surface area contributed by atoms with Crippen molar-refractivity contribution in [3.05, 3.63) is 46.2 Å². The van der Waals surface area contributed by atoms with E-state index in [1.54, 1.807) is 35.9 Å². The van der Waals surface area contributed by atoms with E-state index in [1.165, 1.54) is 13.8 Å². The Kier molecular flexibility index (Phi) is 6.96. The minimum Gasteiger partial charge on any atom is -0.449 e. The Bertz CT molecular complexity index is 905. The van der Waals surface area contributed by atoms with Crippen molar-refractivity contribution < 1.29 is 19.1 Å². The molecule has 0 aliphatic rings. The number of hydrogen-bond donors (Lipinski definition) is 1. The lowest BCUT2D eigenvalue weighted by Gasteiger charge is -2.14. The Morgan fingerprint density at radius 3 is 2.54 bits per heavy atom. The fourth-order valence-corrected chi connectivity index (χ4v) is 2.91. The van der Waals surface area contributed by atoms with Gasteiger partial charge in [-0.3, -0.25) is 14.3 Å². The molecule has 0 spiro atoms. The second-order valence-electron chi connectivity index (χ2n) is 7.00. The SMILES string of the molecule is CC(=O)c1cccc(NC(=O)[C@@H](C)OC(=O)c2c(C)nn(CC(C)C)c2Cl)c1. The number of esters is 1. The molecule has 8 heteroatoms. The van der Waals surface area contributed by atoms with Crippen molar-refractivity contribution >= 4 is 34.9 Å². The van der Waals surface area contributed by atoms with E-state index in [1.807, 2.05) is 13.8 Å². The van der Waals surface area contributed by atoms with Gasteiger partial charge in [-0.05, 0) is 38.8 Å². The largest absolute Gasteiger partial charge is 0.449 e. The van der Waals surface area contributed by atoms with E-state index in [4.69, 9.17) is 16.3 Å². The van der Waals surface area contributed by atoms with Crippen molar-refractivity contribution in [3.63, 3.8) is 0 Å². The highest BCUT2D eigenvalue weighted by Gasteiger charge is 2.26. The van der Waals surface area contributed by atoms with E-state index in [0.29, 0.717) is 29.4 Å². The summed E-state index contributed by atoms with van der Waals surface area (Å²) in [5.41, 5.74) is 1.51. The van der Waals surface area contributed by atoms with Crippen molar-refractivity contribution in [1.29, 1.82) is 0 Å². The number of amides is 1. The fraction of sp³-hybridized carbons (Fsp3) is 0.400. The van der Waals surface area contributed by atoms with Gasteiger partial charge in [0.05, 0.1) is 5.69 Å². The van der Waals surface area contributed by atoms with Crippen LogP contribution in [0.1, 0.15) is 54.1 Å². The van der Waals surface area contributed by atoms with Crippen LogP contribution in [0, 0.1) is 12.8 Å². The van der Waals surface area contributed by atoms with Gasteiger partial charge in [0, 0.05) is 17.8 Å². The molecule has 1 aromatic heterocycles. The van der Waals surface area contributed by atoms with Gasteiger partial charge < -0.3 is 10.1 Å². The third-order valence-electron chi connectivity index (χ3n) is 4.00. The lowest BCUT2D eigenvalue weighted by molar-refractivity contribution is -0.123. The van der Waals surface area contributed by atoms with Crippen LogP contribution in [0.15, 0.2) is 24.3 Å². The summed E-state index contributed by atoms with van der Waals surface area (Å²) in [6, 6.07) is 6.53. The average molecular weight is 406 g/mol. The van der Waals surface area contributed by atoms with Crippen LogP contribution in [0.5, 0.6) is 0 Å². The molecule has 28 heavy (non-hydrogen) atoms. The van der Waals surface area contributed by atoms with Crippen molar-refractivity contribution in [2.45, 2.75) is 47.3 Å². The Hall–Kier alpha value is -2.67. The predicted octanol–water partition coefficient (Wildman–Crippen LogP) is 3.89. The second kappa shape index (κ2) is 9.01. The molecule has 0 radical (unpaired) electrons. The molecule has 0 bridgehead atoms. The van der Waals surface area contributed by atoms with Crippen LogP contribution in [0.25, 0.3) is 0 Å². The zero-order valence-corrected chi connectivity index (χ0v) is 17.3. The number of carbonyl (C=O) groups is 3. The molecule has 1 amide bonds. The number of nitrogens with one attached hydrogen (secondary N) is 1. The number of hydrogen-bond acceptors (Lipinski definition) is 5. The van der Waals surface area contributed by atoms with Gasteiger partial charge in [-0.1, -0.05) is 37.6 Å².